The van der Waals surface area contributed by atoms with E-state index in [1.54, 1.807) is 12.1 Å². The van der Waals surface area contributed by atoms with E-state index in [0.29, 0.717) is 35.6 Å². The van der Waals surface area contributed by atoms with E-state index in [1.165, 1.54) is 0 Å². The van der Waals surface area contributed by atoms with Crippen molar-refractivity contribution in [2.45, 2.75) is 13.8 Å². The molecule has 148 valence electrons. The molecule has 0 saturated carbocycles. The first-order valence-corrected chi connectivity index (χ1v) is 11.1. The summed E-state index contributed by atoms with van der Waals surface area (Å²) in [4.78, 5) is 4.04. The molecule has 2 aliphatic rings. The Labute approximate surface area is 170 Å². The lowest BCUT2D eigenvalue weighted by atomic mass is 9.89. The quantitative estimate of drug-likeness (QED) is 0.753. The largest absolute Gasteiger partial charge is 0.457 e. The highest BCUT2D eigenvalue weighted by molar-refractivity contribution is 7.90. The molecule has 0 radical (unpaired) electrons. The van der Waals surface area contributed by atoms with Gasteiger partial charge in [-0.3, -0.25) is 0 Å². The number of rotatable bonds is 3. The molecule has 2 aliphatic heterocycles. The Kier molecular flexibility index (Phi) is 4.75. The summed E-state index contributed by atoms with van der Waals surface area (Å²) in [6, 6.07) is 14.8. The zero-order chi connectivity index (χ0) is 19.9. The second kappa shape index (κ2) is 6.97. The van der Waals surface area contributed by atoms with Crippen molar-refractivity contribution in [2.24, 2.45) is 9.81 Å². The summed E-state index contributed by atoms with van der Waals surface area (Å²) < 4.78 is 34.0. The first kappa shape index (κ1) is 19.1. The van der Waals surface area contributed by atoms with Crippen LogP contribution in [-0.4, -0.2) is 44.7 Å². The van der Waals surface area contributed by atoms with Gasteiger partial charge in [-0.2, -0.15) is 0 Å². The van der Waals surface area contributed by atoms with Crippen LogP contribution in [0.4, 0.5) is 5.69 Å². The average Bonchev–Trinajstić information content (AvgIpc) is 2.63. The first-order valence-electron chi connectivity index (χ1n) is 9.09. The average molecular weight is 420 g/mol. The molecular formula is C20H22ClN3O3S. The van der Waals surface area contributed by atoms with Crippen LogP contribution < -0.4 is 9.64 Å². The molecule has 0 bridgehead atoms. The number of halogens is 1. The van der Waals surface area contributed by atoms with Crippen LogP contribution in [0.2, 0.25) is 5.02 Å². The lowest BCUT2D eigenvalue weighted by Gasteiger charge is -2.47. The summed E-state index contributed by atoms with van der Waals surface area (Å²) in [5, 5.41) is 0.656. The molecule has 1 fully saturated rings. The highest BCUT2D eigenvalue weighted by Crippen LogP contribution is 2.33. The van der Waals surface area contributed by atoms with Gasteiger partial charge in [-0.1, -0.05) is 25.4 Å². The van der Waals surface area contributed by atoms with Crippen LogP contribution in [-0.2, 0) is 10.0 Å². The maximum atomic E-state index is 12.1. The van der Waals surface area contributed by atoms with E-state index in [-0.39, 0.29) is 11.2 Å². The number of guanidine groups is 1. The number of nitrogens with zero attached hydrogens (tertiary/aromatic N) is 3. The number of fused-ring (bicyclic) bond motifs is 1. The smallest absolute Gasteiger partial charge is 0.258 e. The third kappa shape index (κ3) is 4.10. The molecule has 0 atom stereocenters. The van der Waals surface area contributed by atoms with Crippen molar-refractivity contribution in [3.63, 3.8) is 0 Å². The van der Waals surface area contributed by atoms with E-state index in [1.807, 2.05) is 41.3 Å². The number of hydrogen-bond acceptors (Lipinski definition) is 5. The minimum atomic E-state index is -3.41. The molecule has 4 rings (SSSR count). The van der Waals surface area contributed by atoms with Crippen molar-refractivity contribution in [2.75, 3.05) is 30.3 Å². The van der Waals surface area contributed by atoms with Crippen LogP contribution in [0.15, 0.2) is 52.9 Å². The Morgan fingerprint density at radius 3 is 2.25 bits per heavy atom. The molecule has 0 aliphatic carbocycles. The van der Waals surface area contributed by atoms with Gasteiger partial charge in [0, 0.05) is 35.8 Å². The molecule has 0 aromatic heterocycles. The van der Waals surface area contributed by atoms with Gasteiger partial charge in [-0.25, -0.2) is 8.42 Å². The number of sulfonamides is 1. The fourth-order valence-electron chi connectivity index (χ4n) is 3.53. The minimum Gasteiger partial charge on any atom is -0.457 e. The molecule has 2 aromatic rings. The van der Waals surface area contributed by atoms with E-state index in [9.17, 15) is 8.42 Å². The molecule has 2 aromatic carbocycles. The molecule has 0 spiro atoms. The summed E-state index contributed by atoms with van der Waals surface area (Å²) in [6.45, 7) is 6.31. The van der Waals surface area contributed by atoms with Crippen LogP contribution in [0.5, 0.6) is 11.5 Å². The Bertz CT molecular complexity index is 1000. The van der Waals surface area contributed by atoms with E-state index in [2.05, 4.69) is 23.1 Å². The van der Waals surface area contributed by atoms with Crippen molar-refractivity contribution in [1.82, 2.24) is 4.90 Å². The van der Waals surface area contributed by atoms with Gasteiger partial charge in [-0.15, -0.1) is 4.40 Å². The summed E-state index contributed by atoms with van der Waals surface area (Å²) in [5.74, 6) is 1.97. The summed E-state index contributed by atoms with van der Waals surface area (Å²) >= 11 is 5.90. The molecule has 6 nitrogen and oxygen atoms in total. The molecular weight excluding hydrogens is 398 g/mol. The highest BCUT2D eigenvalue weighted by Gasteiger charge is 2.39. The topological polar surface area (TPSA) is 62.2 Å². The normalized spacial score (nSPS) is 20.3. The van der Waals surface area contributed by atoms with E-state index < -0.39 is 10.0 Å². The van der Waals surface area contributed by atoms with Gasteiger partial charge in [0.05, 0.1) is 5.75 Å². The summed E-state index contributed by atoms with van der Waals surface area (Å²) in [5.41, 5.74) is 0.899. The van der Waals surface area contributed by atoms with Crippen LogP contribution in [0.25, 0.3) is 0 Å². The highest BCUT2D eigenvalue weighted by atomic mass is 35.5. The summed E-state index contributed by atoms with van der Waals surface area (Å²) in [7, 11) is -3.41. The Morgan fingerprint density at radius 1 is 1.00 bits per heavy atom. The minimum absolute atomic E-state index is 0.0125. The van der Waals surface area contributed by atoms with Crippen LogP contribution >= 0.6 is 11.6 Å². The molecule has 28 heavy (non-hydrogen) atoms. The van der Waals surface area contributed by atoms with E-state index in [0.717, 1.165) is 12.2 Å². The number of ether oxygens (including phenoxy) is 1. The van der Waals surface area contributed by atoms with Crippen molar-refractivity contribution >= 4 is 33.3 Å². The third-order valence-corrected chi connectivity index (χ3v) is 6.16. The van der Waals surface area contributed by atoms with Gasteiger partial charge >= 0.3 is 0 Å². The fraction of sp³-hybridized carbons (Fsp3) is 0.350. The number of benzene rings is 2. The van der Waals surface area contributed by atoms with Crippen molar-refractivity contribution < 1.29 is 13.2 Å². The molecule has 1 saturated heterocycles. The second-order valence-electron chi connectivity index (χ2n) is 7.90. The standard InChI is InChI=1S/C20H22ClN3O3S/c1-20(2)13-23-11-12-28(25,26)22-19(23)24(14-20)16-5-9-18(10-6-16)27-17-7-3-15(21)4-8-17/h3-10H,11-14H2,1-2H3. The second-order valence-corrected chi connectivity index (χ2v) is 10.1. The summed E-state index contributed by atoms with van der Waals surface area (Å²) in [6.07, 6.45) is 0. The molecule has 0 amide bonds. The zero-order valence-corrected chi connectivity index (χ0v) is 17.4. The number of hydrogen-bond donors (Lipinski definition) is 0. The Balaban J connectivity index is 1.61. The zero-order valence-electron chi connectivity index (χ0n) is 15.8. The lowest BCUT2D eigenvalue weighted by molar-refractivity contribution is 0.235. The van der Waals surface area contributed by atoms with Gasteiger partial charge in [0.1, 0.15) is 11.5 Å². The number of anilines is 1. The third-order valence-electron chi connectivity index (χ3n) is 4.77. The van der Waals surface area contributed by atoms with E-state index >= 15 is 0 Å². The van der Waals surface area contributed by atoms with Crippen molar-refractivity contribution in [3.05, 3.63) is 53.6 Å². The molecule has 0 unspecified atom stereocenters. The first-order chi connectivity index (χ1) is 13.2. The van der Waals surface area contributed by atoms with Gasteiger partial charge in [-0.05, 0) is 48.5 Å². The van der Waals surface area contributed by atoms with Gasteiger partial charge in [0.15, 0.2) is 0 Å². The predicted molar refractivity (Wildman–Crippen MR) is 112 cm³/mol. The maximum absolute atomic E-state index is 12.1. The van der Waals surface area contributed by atoms with Gasteiger partial charge in [0.2, 0.25) is 5.96 Å². The van der Waals surface area contributed by atoms with Crippen LogP contribution in [0.3, 0.4) is 0 Å². The van der Waals surface area contributed by atoms with Gasteiger partial charge < -0.3 is 14.5 Å². The fourth-order valence-corrected chi connectivity index (χ4v) is 4.66. The molecule has 2 heterocycles. The molecule has 8 heteroatoms. The Morgan fingerprint density at radius 2 is 1.61 bits per heavy atom. The maximum Gasteiger partial charge on any atom is 0.258 e. The van der Waals surface area contributed by atoms with Gasteiger partial charge in [0.25, 0.3) is 10.0 Å². The SMILES string of the molecule is CC1(C)CN2CCS(=O)(=O)N=C2N(c2ccc(Oc3ccc(Cl)cc3)cc2)C1. The monoisotopic (exact) mass is 419 g/mol. The Hall–Kier alpha value is -2.25. The predicted octanol–water partition coefficient (Wildman–Crippen LogP) is 3.98. The van der Waals surface area contributed by atoms with Crippen LogP contribution in [0, 0.1) is 5.41 Å². The van der Waals surface area contributed by atoms with E-state index in [4.69, 9.17) is 16.3 Å². The van der Waals surface area contributed by atoms with Crippen molar-refractivity contribution in [1.29, 1.82) is 0 Å². The lowest BCUT2D eigenvalue weighted by Crippen LogP contribution is -2.60. The van der Waals surface area contributed by atoms with Crippen molar-refractivity contribution in [3.8, 4) is 11.5 Å². The molecule has 0 N–H and O–H groups in total. The van der Waals surface area contributed by atoms with Crippen LogP contribution in [0.1, 0.15) is 13.8 Å².